The molecule has 45 heavy (non-hydrogen) atoms. The number of ketones is 1. The topological polar surface area (TPSA) is 177 Å². The van der Waals surface area contributed by atoms with Gasteiger partial charge in [0.25, 0.3) is 5.91 Å². The van der Waals surface area contributed by atoms with Crippen molar-refractivity contribution in [2.45, 2.75) is 91.5 Å². The minimum Gasteiger partial charge on any atom is -0.465 e. The van der Waals surface area contributed by atoms with Crippen LogP contribution >= 0.6 is 0 Å². The molecule has 1 unspecified atom stereocenters. The second-order valence-corrected chi connectivity index (χ2v) is 12.1. The molecule has 13 heteroatoms. The molecule has 1 aromatic carbocycles. The van der Waals surface area contributed by atoms with Crippen LogP contribution in [0.15, 0.2) is 45.4 Å². The summed E-state index contributed by atoms with van der Waals surface area (Å²) in [7, 11) is 0. The largest absolute Gasteiger partial charge is 0.465 e. The molecule has 242 valence electrons. The zero-order chi connectivity index (χ0) is 32.9. The van der Waals surface area contributed by atoms with E-state index in [1.165, 1.54) is 4.90 Å². The summed E-state index contributed by atoms with van der Waals surface area (Å²) in [4.78, 5) is 52.9. The molecule has 4 atom stereocenters. The zero-order valence-corrected chi connectivity index (χ0v) is 26.5. The molecule has 1 aliphatic rings. The number of hydrogen-bond acceptors (Lipinski definition) is 9. The number of carbonyl (C=O) groups is 4. The summed E-state index contributed by atoms with van der Waals surface area (Å²) >= 11 is 0. The highest BCUT2D eigenvalue weighted by Gasteiger charge is 2.52. The summed E-state index contributed by atoms with van der Waals surface area (Å²) in [6.45, 7) is 10.8. The van der Waals surface area contributed by atoms with Crippen molar-refractivity contribution in [1.29, 1.82) is 0 Å². The number of nitrogens with zero attached hydrogens (tertiary/aromatic N) is 3. The van der Waals surface area contributed by atoms with Gasteiger partial charge in [-0.05, 0) is 39.2 Å². The molecule has 2 aromatic heterocycles. The van der Waals surface area contributed by atoms with Crippen LogP contribution in [0.2, 0.25) is 0 Å². The molecule has 0 spiro atoms. The maximum absolute atomic E-state index is 13.2. The van der Waals surface area contributed by atoms with E-state index in [1.54, 1.807) is 26.8 Å². The number of ether oxygens (including phenoxy) is 1. The molecule has 3 aromatic rings. The number of unbranched alkanes of at least 4 members (excludes halogenated alkanes) is 1. The number of aromatic nitrogens is 2. The van der Waals surface area contributed by atoms with Crippen LogP contribution in [0.1, 0.15) is 75.6 Å². The molecule has 0 bridgehead atoms. The van der Waals surface area contributed by atoms with Crippen molar-refractivity contribution in [1.82, 2.24) is 25.8 Å². The van der Waals surface area contributed by atoms with Gasteiger partial charge in [0.15, 0.2) is 11.5 Å². The lowest BCUT2D eigenvalue weighted by Crippen LogP contribution is -2.49. The Hall–Kier alpha value is -4.68. The quantitative estimate of drug-likeness (QED) is 0.233. The van der Waals surface area contributed by atoms with E-state index < -0.39 is 53.5 Å². The monoisotopic (exact) mass is 623 g/mol. The summed E-state index contributed by atoms with van der Waals surface area (Å²) in [5.74, 6) is -0.632. The minimum atomic E-state index is -1.17. The first kappa shape index (κ1) is 33.2. The molecular weight excluding hydrogens is 582 g/mol. The van der Waals surface area contributed by atoms with E-state index in [1.807, 2.05) is 51.1 Å². The number of amides is 3. The number of aryl methyl sites for hydroxylation is 2. The van der Waals surface area contributed by atoms with E-state index in [9.17, 15) is 24.3 Å². The van der Waals surface area contributed by atoms with Crippen molar-refractivity contribution in [3.05, 3.63) is 59.0 Å². The molecule has 1 aliphatic heterocycles. The number of alkyl carbamates (subject to hydrolysis) is 1. The van der Waals surface area contributed by atoms with Crippen LogP contribution in [0.3, 0.4) is 0 Å². The lowest BCUT2D eigenvalue weighted by Gasteiger charge is -2.33. The number of likely N-dealkylation sites (tertiary alicyclic amines) is 1. The first-order valence-corrected chi connectivity index (χ1v) is 15.1. The maximum Gasteiger partial charge on any atom is 0.408 e. The van der Waals surface area contributed by atoms with Gasteiger partial charge in [-0.15, -0.1) is 0 Å². The average molecular weight is 624 g/mol. The van der Waals surface area contributed by atoms with Gasteiger partial charge in [-0.1, -0.05) is 74.3 Å². The third kappa shape index (κ3) is 7.52. The van der Waals surface area contributed by atoms with Crippen molar-refractivity contribution < 1.29 is 38.1 Å². The molecule has 0 saturated carbocycles. The van der Waals surface area contributed by atoms with E-state index in [-0.39, 0.29) is 19.4 Å². The van der Waals surface area contributed by atoms with Gasteiger partial charge in [-0.2, -0.15) is 0 Å². The first-order valence-electron chi connectivity index (χ1n) is 15.1. The summed E-state index contributed by atoms with van der Waals surface area (Å²) in [6, 6.07) is 8.78. The van der Waals surface area contributed by atoms with Crippen molar-refractivity contribution in [2.75, 3.05) is 6.54 Å². The van der Waals surface area contributed by atoms with Gasteiger partial charge in [0.1, 0.15) is 17.9 Å². The number of rotatable bonds is 12. The smallest absolute Gasteiger partial charge is 0.408 e. The summed E-state index contributed by atoms with van der Waals surface area (Å²) in [6.07, 6.45) is -1.14. The van der Waals surface area contributed by atoms with Gasteiger partial charge in [0, 0.05) is 23.1 Å². The first-order chi connectivity index (χ1) is 21.3. The van der Waals surface area contributed by atoms with Gasteiger partial charge < -0.3 is 34.4 Å². The molecule has 0 radical (unpaired) electrons. The molecule has 13 nitrogen and oxygen atoms in total. The summed E-state index contributed by atoms with van der Waals surface area (Å²) in [5.41, 5.74) is 1.66. The van der Waals surface area contributed by atoms with Gasteiger partial charge in [0.2, 0.25) is 5.78 Å². The fourth-order valence-corrected chi connectivity index (χ4v) is 5.66. The Labute approximate surface area is 261 Å². The lowest BCUT2D eigenvalue weighted by atomic mass is 9.79. The van der Waals surface area contributed by atoms with Crippen LogP contribution in [0.25, 0.3) is 11.5 Å². The number of carbonyl (C=O) groups excluding carboxylic acids is 3. The lowest BCUT2D eigenvalue weighted by molar-refractivity contribution is -0.139. The third-order valence-electron chi connectivity index (χ3n) is 8.49. The molecule has 3 N–H and O–H groups in total. The highest BCUT2D eigenvalue weighted by atomic mass is 16.6. The van der Waals surface area contributed by atoms with Crippen LogP contribution in [-0.4, -0.2) is 68.9 Å². The number of benzene rings is 1. The van der Waals surface area contributed by atoms with Gasteiger partial charge >= 0.3 is 12.2 Å². The normalized spacial score (nSPS) is 18.7. The Bertz CT molecular complexity index is 1510. The van der Waals surface area contributed by atoms with Crippen LogP contribution < -0.4 is 10.6 Å². The molecule has 3 amide bonds. The third-order valence-corrected chi connectivity index (χ3v) is 8.49. The fraction of sp³-hybridized carbons (Fsp3) is 0.500. The molecule has 1 fully saturated rings. The summed E-state index contributed by atoms with van der Waals surface area (Å²) < 4.78 is 16.5. The second-order valence-electron chi connectivity index (χ2n) is 12.1. The molecule has 0 aliphatic carbocycles. The molecule has 1 saturated heterocycles. The van der Waals surface area contributed by atoms with Crippen LogP contribution in [0, 0.1) is 19.3 Å². The van der Waals surface area contributed by atoms with Crippen molar-refractivity contribution in [2.24, 2.45) is 5.41 Å². The van der Waals surface area contributed by atoms with Gasteiger partial charge in [-0.3, -0.25) is 9.59 Å². The van der Waals surface area contributed by atoms with Crippen molar-refractivity contribution >= 4 is 23.9 Å². The van der Waals surface area contributed by atoms with E-state index in [2.05, 4.69) is 20.9 Å². The van der Waals surface area contributed by atoms with E-state index in [0.717, 1.165) is 12.0 Å². The van der Waals surface area contributed by atoms with Crippen molar-refractivity contribution in [3.8, 4) is 11.5 Å². The number of nitrogens with one attached hydrogen (secondary N) is 2. The second kappa shape index (κ2) is 14.0. The SMILES string of the molecule is CCCC[C@H](NC(=O)O[C@@H]1CN(C(=O)O)C(Cc2c(C)noc2-c2cc(C)on2)C1(C)C)C(=O)C(=O)N[C@H](C)c1ccccc1. The van der Waals surface area contributed by atoms with Crippen molar-refractivity contribution in [3.63, 3.8) is 0 Å². The molecule has 3 heterocycles. The Balaban J connectivity index is 1.47. The fourth-order valence-electron chi connectivity index (χ4n) is 5.66. The predicted octanol–water partition coefficient (Wildman–Crippen LogP) is 4.98. The van der Waals surface area contributed by atoms with E-state index in [4.69, 9.17) is 13.8 Å². The number of Topliss-reactive ketones (excluding diaryl/α,β-unsaturated/α-hetero) is 1. The Kier molecular flexibility index (Phi) is 10.3. The Morgan fingerprint density at radius 3 is 2.44 bits per heavy atom. The van der Waals surface area contributed by atoms with E-state index in [0.29, 0.717) is 34.9 Å². The number of carboxylic acid groups (broad SMARTS) is 1. The predicted molar refractivity (Wildman–Crippen MR) is 162 cm³/mol. The number of hydrogen-bond donors (Lipinski definition) is 3. The maximum atomic E-state index is 13.2. The molecule has 4 rings (SSSR count). The van der Waals surface area contributed by atoms with Gasteiger partial charge in [-0.25, -0.2) is 9.59 Å². The standard InChI is InChI=1S/C32H41N5O8/c1-7-8-14-23(27(38)29(39)33-19(3)21-12-10-9-11-13-21)34-30(40)43-26-17-37(31(41)42)25(32(26,5)6)16-22-20(4)35-45-28(22)24-15-18(2)44-36-24/h9-13,15,19,23,25-26H,7-8,14,16-17H2,1-6H3,(H,33,39)(H,34,40)(H,41,42)/t19-,23+,25?,26-/m1/s1. The highest BCUT2D eigenvalue weighted by Crippen LogP contribution is 2.42. The van der Waals surface area contributed by atoms with Crippen LogP contribution in [0.4, 0.5) is 9.59 Å². The Morgan fingerprint density at radius 2 is 1.82 bits per heavy atom. The molecular formula is C32H41N5O8. The minimum absolute atomic E-state index is 0.0915. The zero-order valence-electron chi connectivity index (χ0n) is 26.5. The van der Waals surface area contributed by atoms with Crippen LogP contribution in [0.5, 0.6) is 0 Å². The average Bonchev–Trinajstić information content (AvgIpc) is 3.66. The highest BCUT2D eigenvalue weighted by molar-refractivity contribution is 6.38. The Morgan fingerprint density at radius 1 is 1.11 bits per heavy atom. The summed E-state index contributed by atoms with van der Waals surface area (Å²) in [5, 5.41) is 23.5. The van der Waals surface area contributed by atoms with Crippen LogP contribution in [-0.2, 0) is 20.7 Å². The van der Waals surface area contributed by atoms with Gasteiger partial charge in [0.05, 0.1) is 18.3 Å². The van der Waals surface area contributed by atoms with E-state index >= 15 is 0 Å².